The van der Waals surface area contributed by atoms with Gasteiger partial charge in [-0.3, -0.25) is 14.7 Å². The van der Waals surface area contributed by atoms with Gasteiger partial charge < -0.3 is 15.5 Å². The summed E-state index contributed by atoms with van der Waals surface area (Å²) in [4.78, 5) is 21.9. The maximum absolute atomic E-state index is 12.8. The Kier molecular flexibility index (Phi) is 8.00. The van der Waals surface area contributed by atoms with Gasteiger partial charge in [0.25, 0.3) is 0 Å². The lowest BCUT2D eigenvalue weighted by Gasteiger charge is -2.35. The minimum Gasteiger partial charge on any atom is -0.355 e. The summed E-state index contributed by atoms with van der Waals surface area (Å²) in [7, 11) is 1.84. The molecule has 3 rings (SSSR count). The van der Waals surface area contributed by atoms with Crippen LogP contribution < -0.4 is 10.6 Å². The number of likely N-dealkylation sites (tertiary alicyclic amines) is 2. The highest BCUT2D eigenvalue weighted by Gasteiger charge is 2.32. The highest BCUT2D eigenvalue weighted by atomic mass is 16.2. The van der Waals surface area contributed by atoms with Crippen molar-refractivity contribution in [2.45, 2.75) is 77.3 Å². The van der Waals surface area contributed by atoms with Gasteiger partial charge in [-0.15, -0.1) is 0 Å². The van der Waals surface area contributed by atoms with Gasteiger partial charge in [0, 0.05) is 51.2 Å². The Balaban J connectivity index is 1.40. The molecule has 2 saturated heterocycles. The fourth-order valence-corrected chi connectivity index (χ4v) is 5.07. The fourth-order valence-electron chi connectivity index (χ4n) is 5.07. The second-order valence-corrected chi connectivity index (χ2v) is 9.29. The molecule has 3 unspecified atom stereocenters. The van der Waals surface area contributed by atoms with Gasteiger partial charge >= 0.3 is 0 Å². The highest BCUT2D eigenvalue weighted by molar-refractivity contribution is 5.81. The Hall–Kier alpha value is -1.30. The summed E-state index contributed by atoms with van der Waals surface area (Å²) in [5.41, 5.74) is 0. The summed E-state index contributed by atoms with van der Waals surface area (Å²) in [5.74, 6) is 2.34. The quantitative estimate of drug-likeness (QED) is 0.558. The van der Waals surface area contributed by atoms with Crippen molar-refractivity contribution in [1.29, 1.82) is 0 Å². The average molecular weight is 392 g/mol. The zero-order valence-electron chi connectivity index (χ0n) is 18.3. The maximum atomic E-state index is 12.8. The smallest absolute Gasteiger partial charge is 0.225 e. The molecule has 6 nitrogen and oxygen atoms in total. The Morgan fingerprint density at radius 1 is 1.07 bits per heavy atom. The first-order valence-corrected chi connectivity index (χ1v) is 11.6. The van der Waals surface area contributed by atoms with Crippen LogP contribution in [0.4, 0.5) is 0 Å². The lowest BCUT2D eigenvalue weighted by atomic mass is 9.88. The van der Waals surface area contributed by atoms with E-state index < -0.39 is 0 Å². The zero-order valence-corrected chi connectivity index (χ0v) is 18.3. The minimum atomic E-state index is 0.276. The molecule has 6 heteroatoms. The van der Waals surface area contributed by atoms with Crippen LogP contribution >= 0.6 is 0 Å². The molecule has 0 radical (unpaired) electrons. The molecule has 0 spiro atoms. The Bertz CT molecular complexity index is 531. The number of guanidine groups is 1. The lowest BCUT2D eigenvalue weighted by Crippen LogP contribution is -2.50. The van der Waals surface area contributed by atoms with E-state index in [0.717, 1.165) is 50.8 Å². The molecular formula is C22H41N5O. The number of nitrogens with zero attached hydrogens (tertiary/aromatic N) is 3. The van der Waals surface area contributed by atoms with Crippen LogP contribution in [-0.2, 0) is 4.79 Å². The van der Waals surface area contributed by atoms with Gasteiger partial charge in [0.15, 0.2) is 5.96 Å². The van der Waals surface area contributed by atoms with Crippen molar-refractivity contribution >= 4 is 11.9 Å². The molecule has 160 valence electrons. The molecule has 2 aliphatic heterocycles. The molecule has 2 N–H and O–H groups in total. The molecule has 1 aliphatic carbocycles. The Morgan fingerprint density at radius 3 is 2.57 bits per heavy atom. The van der Waals surface area contributed by atoms with Gasteiger partial charge in [-0.25, -0.2) is 0 Å². The second kappa shape index (κ2) is 10.5. The van der Waals surface area contributed by atoms with Crippen molar-refractivity contribution in [2.24, 2.45) is 16.8 Å². The molecule has 1 amide bonds. The van der Waals surface area contributed by atoms with Crippen LogP contribution in [0.15, 0.2) is 4.99 Å². The summed E-state index contributed by atoms with van der Waals surface area (Å²) in [5, 5.41) is 7.06. The third-order valence-electron chi connectivity index (χ3n) is 6.90. The number of amides is 1. The third kappa shape index (κ3) is 5.85. The summed E-state index contributed by atoms with van der Waals surface area (Å²) in [6.45, 7) is 9.67. The normalized spacial score (nSPS) is 29.0. The Morgan fingerprint density at radius 2 is 1.86 bits per heavy atom. The highest BCUT2D eigenvalue weighted by Crippen LogP contribution is 2.26. The average Bonchev–Trinajstić information content (AvgIpc) is 3.19. The van der Waals surface area contributed by atoms with Gasteiger partial charge in [0.1, 0.15) is 0 Å². The minimum absolute atomic E-state index is 0.276. The Labute approximate surface area is 171 Å². The summed E-state index contributed by atoms with van der Waals surface area (Å²) >= 11 is 0. The SMILES string of the molecule is CN=C(NCC(C)N1CCCC(C)C1)NC1CCN(C(=O)C2CCCCC2)C1. The number of aliphatic imine (C=N–C) groups is 1. The summed E-state index contributed by atoms with van der Waals surface area (Å²) < 4.78 is 0. The standard InChI is InChI=1S/C22H41N5O/c1-17-8-7-12-26(15-17)18(2)14-24-22(23-3)25-20-11-13-27(16-20)21(28)19-9-5-4-6-10-19/h17-20H,4-16H2,1-3H3,(H2,23,24,25). The number of hydrogen-bond donors (Lipinski definition) is 2. The first-order valence-electron chi connectivity index (χ1n) is 11.6. The van der Waals surface area contributed by atoms with Gasteiger partial charge in [0.05, 0.1) is 0 Å². The number of carbonyl (C=O) groups is 1. The van der Waals surface area contributed by atoms with Crippen LogP contribution in [0.5, 0.6) is 0 Å². The van der Waals surface area contributed by atoms with Crippen LogP contribution in [0.1, 0.15) is 65.2 Å². The van der Waals surface area contributed by atoms with Crippen LogP contribution in [0.2, 0.25) is 0 Å². The molecule has 0 bridgehead atoms. The zero-order chi connectivity index (χ0) is 19.9. The van der Waals surface area contributed by atoms with Crippen LogP contribution in [-0.4, -0.2) is 73.5 Å². The van der Waals surface area contributed by atoms with Crippen molar-refractivity contribution < 1.29 is 4.79 Å². The second-order valence-electron chi connectivity index (χ2n) is 9.29. The number of nitrogens with one attached hydrogen (secondary N) is 2. The van der Waals surface area contributed by atoms with E-state index in [-0.39, 0.29) is 5.92 Å². The van der Waals surface area contributed by atoms with E-state index >= 15 is 0 Å². The van der Waals surface area contributed by atoms with Crippen molar-refractivity contribution in [3.05, 3.63) is 0 Å². The van der Waals surface area contributed by atoms with Crippen molar-refractivity contribution in [1.82, 2.24) is 20.4 Å². The summed E-state index contributed by atoms with van der Waals surface area (Å²) in [6.07, 6.45) is 9.59. The third-order valence-corrected chi connectivity index (χ3v) is 6.90. The first kappa shape index (κ1) is 21.4. The monoisotopic (exact) mass is 391 g/mol. The largest absolute Gasteiger partial charge is 0.355 e. The molecule has 2 heterocycles. The fraction of sp³-hybridized carbons (Fsp3) is 0.909. The number of rotatable bonds is 5. The van der Waals surface area contributed by atoms with Crippen molar-refractivity contribution in [2.75, 3.05) is 39.8 Å². The molecule has 0 aromatic carbocycles. The predicted molar refractivity (Wildman–Crippen MR) is 115 cm³/mol. The van der Waals surface area contributed by atoms with Gasteiger partial charge in [0.2, 0.25) is 5.91 Å². The van der Waals surface area contributed by atoms with E-state index in [4.69, 9.17) is 0 Å². The van der Waals surface area contributed by atoms with Crippen LogP contribution in [0.3, 0.4) is 0 Å². The van der Waals surface area contributed by atoms with Crippen LogP contribution in [0.25, 0.3) is 0 Å². The van der Waals surface area contributed by atoms with E-state index in [1.54, 1.807) is 0 Å². The summed E-state index contributed by atoms with van der Waals surface area (Å²) in [6, 6.07) is 0.818. The molecule has 3 fully saturated rings. The molecule has 3 atom stereocenters. The molecular weight excluding hydrogens is 350 g/mol. The molecule has 1 saturated carbocycles. The van der Waals surface area contributed by atoms with Gasteiger partial charge in [-0.05, 0) is 51.5 Å². The van der Waals surface area contributed by atoms with E-state index in [1.165, 1.54) is 45.2 Å². The maximum Gasteiger partial charge on any atom is 0.225 e. The first-order chi connectivity index (χ1) is 13.6. The van der Waals surface area contributed by atoms with Crippen molar-refractivity contribution in [3.8, 4) is 0 Å². The number of piperidine rings is 1. The van der Waals surface area contributed by atoms with E-state index in [9.17, 15) is 4.79 Å². The number of carbonyl (C=O) groups excluding carboxylic acids is 1. The molecule has 0 aromatic rings. The van der Waals surface area contributed by atoms with Crippen molar-refractivity contribution in [3.63, 3.8) is 0 Å². The topological polar surface area (TPSA) is 60.0 Å². The van der Waals surface area contributed by atoms with Gasteiger partial charge in [-0.2, -0.15) is 0 Å². The predicted octanol–water partition coefficient (Wildman–Crippen LogP) is 2.45. The van der Waals surface area contributed by atoms with Gasteiger partial charge in [-0.1, -0.05) is 26.2 Å². The van der Waals surface area contributed by atoms with E-state index in [1.807, 2.05) is 7.05 Å². The van der Waals surface area contributed by atoms with Crippen LogP contribution in [0, 0.1) is 11.8 Å². The lowest BCUT2D eigenvalue weighted by molar-refractivity contribution is -0.135. The molecule has 0 aromatic heterocycles. The molecule has 3 aliphatic rings. The van der Waals surface area contributed by atoms with E-state index in [0.29, 0.717) is 18.0 Å². The molecule has 28 heavy (non-hydrogen) atoms. The number of hydrogen-bond acceptors (Lipinski definition) is 3. The van der Waals surface area contributed by atoms with E-state index in [2.05, 4.69) is 39.3 Å².